The maximum absolute atomic E-state index is 3.78. The van der Waals surface area contributed by atoms with Crippen LogP contribution in [-0.4, -0.2) is 39.2 Å². The standard InChI is InChI=1S/C30H24B5Br/c31-26-25(27(32)29(34)30(35)28(26)33)24-19-11-5-3-9-17(19)23(18-10-4-6-12-20(18)24)21-13-14-22(36)16-8-2-1-7-15(16)21/h1-14H,31-35H2. The van der Waals surface area contributed by atoms with Crippen LogP contribution in [0, 0.1) is 0 Å². The molecule has 0 saturated carbocycles. The van der Waals surface area contributed by atoms with Gasteiger partial charge in [-0.15, -0.1) is 16.4 Å². The third-order valence-corrected chi connectivity index (χ3v) is 9.01. The zero-order chi connectivity index (χ0) is 25.1. The van der Waals surface area contributed by atoms with Gasteiger partial charge in [0.2, 0.25) is 0 Å². The van der Waals surface area contributed by atoms with Gasteiger partial charge in [0.05, 0.1) is 0 Å². The van der Waals surface area contributed by atoms with E-state index in [0.29, 0.717) is 0 Å². The van der Waals surface area contributed by atoms with Gasteiger partial charge < -0.3 is 0 Å². The molecule has 0 spiro atoms. The smallest absolute Gasteiger partial charge is 0.102 e. The summed E-state index contributed by atoms with van der Waals surface area (Å²) in [6.07, 6.45) is 0. The molecule has 0 fully saturated rings. The van der Waals surface area contributed by atoms with Crippen molar-refractivity contribution < 1.29 is 0 Å². The maximum atomic E-state index is 3.78. The fraction of sp³-hybridized carbons (Fsp3) is 0. The van der Waals surface area contributed by atoms with E-state index in [4.69, 9.17) is 0 Å². The Labute approximate surface area is 225 Å². The SMILES string of the molecule is Bc1c(B)c(B)c(-c2c3ccccc3c(-c3ccc(Br)c4ccccc34)c3ccccc23)c(B)c1B. The van der Waals surface area contributed by atoms with Crippen molar-refractivity contribution in [3.8, 4) is 22.3 Å². The maximum Gasteiger partial charge on any atom is 0.139 e. The zero-order valence-electron chi connectivity index (χ0n) is 21.5. The van der Waals surface area contributed by atoms with E-state index in [0.717, 1.165) is 4.47 Å². The van der Waals surface area contributed by atoms with Gasteiger partial charge in [-0.2, -0.15) is 0 Å². The van der Waals surface area contributed by atoms with Crippen molar-refractivity contribution in [1.29, 1.82) is 0 Å². The molecule has 0 aliphatic rings. The van der Waals surface area contributed by atoms with Crippen LogP contribution >= 0.6 is 15.9 Å². The summed E-state index contributed by atoms with van der Waals surface area (Å²) in [7, 11) is 11.4. The molecule has 0 radical (unpaired) electrons. The van der Waals surface area contributed by atoms with E-state index in [2.05, 4.69) is 140 Å². The van der Waals surface area contributed by atoms with Gasteiger partial charge in [0, 0.05) is 4.47 Å². The predicted octanol–water partition coefficient (Wildman–Crippen LogP) is 0.535. The molecule has 0 unspecified atom stereocenters. The fourth-order valence-corrected chi connectivity index (χ4v) is 6.52. The molecule has 0 bridgehead atoms. The normalized spacial score (nSPS) is 11.5. The van der Waals surface area contributed by atoms with E-state index in [1.807, 2.05) is 0 Å². The summed E-state index contributed by atoms with van der Waals surface area (Å²) in [5.41, 5.74) is 12.3. The van der Waals surface area contributed by atoms with E-state index in [1.54, 1.807) is 0 Å². The monoisotopic (exact) mass is 518 g/mol. The Kier molecular flexibility index (Phi) is 5.69. The molecule has 6 aromatic rings. The Morgan fingerprint density at radius 2 is 0.750 bits per heavy atom. The average molecular weight is 518 g/mol. The Morgan fingerprint density at radius 1 is 0.361 bits per heavy atom. The van der Waals surface area contributed by atoms with Crippen LogP contribution in [0.5, 0.6) is 0 Å². The Bertz CT molecular complexity index is 1770. The third kappa shape index (κ3) is 3.34. The molecule has 0 heterocycles. The van der Waals surface area contributed by atoms with Gasteiger partial charge >= 0.3 is 0 Å². The highest BCUT2D eigenvalue weighted by Gasteiger charge is 2.21. The number of benzene rings is 6. The number of hydrogen-bond donors (Lipinski definition) is 0. The first-order valence-corrected chi connectivity index (χ1v) is 13.4. The summed E-state index contributed by atoms with van der Waals surface area (Å²) in [6, 6.07) is 31.1. The highest BCUT2D eigenvalue weighted by Crippen LogP contribution is 2.45. The molecule has 6 rings (SSSR count). The number of rotatable bonds is 2. The summed E-state index contributed by atoms with van der Waals surface area (Å²) in [4.78, 5) is 0. The number of halogens is 1. The minimum absolute atomic E-state index is 1.13. The Balaban J connectivity index is 1.86. The zero-order valence-corrected chi connectivity index (χ0v) is 23.0. The molecule has 0 atom stereocenters. The lowest BCUT2D eigenvalue weighted by Crippen LogP contribution is -2.55. The van der Waals surface area contributed by atoms with E-state index in [9.17, 15) is 0 Å². The Morgan fingerprint density at radius 3 is 1.25 bits per heavy atom. The molecular weight excluding hydrogens is 494 g/mol. The van der Waals surface area contributed by atoms with Crippen LogP contribution < -0.4 is 27.3 Å². The van der Waals surface area contributed by atoms with E-state index >= 15 is 0 Å². The lowest BCUT2D eigenvalue weighted by molar-refractivity contribution is 1.68. The van der Waals surface area contributed by atoms with Gasteiger partial charge in [-0.05, 0) is 60.6 Å². The number of fused-ring (bicyclic) bond motifs is 3. The first kappa shape index (κ1) is 23.3. The lowest BCUT2D eigenvalue weighted by Gasteiger charge is -2.24. The molecule has 166 valence electrons. The molecular formula is C30H24B5Br. The van der Waals surface area contributed by atoms with Crippen molar-refractivity contribution in [3.05, 3.63) is 89.4 Å². The molecule has 0 aromatic heterocycles. The van der Waals surface area contributed by atoms with Crippen LogP contribution in [0.4, 0.5) is 0 Å². The third-order valence-electron chi connectivity index (χ3n) is 8.32. The van der Waals surface area contributed by atoms with Gasteiger partial charge in [-0.25, -0.2) is 0 Å². The van der Waals surface area contributed by atoms with Crippen LogP contribution in [0.1, 0.15) is 0 Å². The predicted molar refractivity (Wildman–Crippen MR) is 178 cm³/mol. The molecule has 0 aliphatic carbocycles. The minimum atomic E-state index is 1.13. The summed E-state index contributed by atoms with van der Waals surface area (Å²) in [6.45, 7) is 0. The first-order valence-electron chi connectivity index (χ1n) is 12.6. The number of hydrogen-bond acceptors (Lipinski definition) is 0. The van der Waals surface area contributed by atoms with Gasteiger partial charge in [0.15, 0.2) is 0 Å². The van der Waals surface area contributed by atoms with Gasteiger partial charge in [-0.1, -0.05) is 106 Å². The van der Waals surface area contributed by atoms with Gasteiger partial charge in [0.1, 0.15) is 39.2 Å². The molecule has 36 heavy (non-hydrogen) atoms. The van der Waals surface area contributed by atoms with Crippen molar-refractivity contribution in [2.24, 2.45) is 0 Å². The summed E-state index contributed by atoms with van der Waals surface area (Å²) < 4.78 is 1.13. The molecule has 0 nitrogen and oxygen atoms in total. The van der Waals surface area contributed by atoms with Crippen molar-refractivity contribution in [2.75, 3.05) is 0 Å². The van der Waals surface area contributed by atoms with Crippen LogP contribution in [-0.2, 0) is 0 Å². The summed E-state index contributed by atoms with van der Waals surface area (Å²) >= 11 is 3.78. The lowest BCUT2D eigenvalue weighted by atomic mass is 9.59. The second-order valence-corrected chi connectivity index (χ2v) is 10.8. The minimum Gasteiger partial charge on any atom is -0.102 e. The van der Waals surface area contributed by atoms with Crippen LogP contribution in [0.15, 0.2) is 89.4 Å². The first-order chi connectivity index (χ1) is 17.4. The van der Waals surface area contributed by atoms with E-state index in [1.165, 1.54) is 81.9 Å². The highest BCUT2D eigenvalue weighted by molar-refractivity contribution is 9.10. The van der Waals surface area contributed by atoms with Crippen molar-refractivity contribution in [2.45, 2.75) is 0 Å². The van der Waals surface area contributed by atoms with E-state index in [-0.39, 0.29) is 0 Å². The molecule has 0 N–H and O–H groups in total. The topological polar surface area (TPSA) is 0 Å². The second-order valence-electron chi connectivity index (χ2n) is 9.98. The molecule has 0 aliphatic heterocycles. The van der Waals surface area contributed by atoms with Crippen LogP contribution in [0.25, 0.3) is 54.6 Å². The largest absolute Gasteiger partial charge is 0.139 e. The Hall–Kier alpha value is -3.10. The summed E-state index contributed by atoms with van der Waals surface area (Å²) in [5.74, 6) is 0. The average Bonchev–Trinajstić information content (AvgIpc) is 2.91. The molecule has 0 saturated heterocycles. The van der Waals surface area contributed by atoms with Gasteiger partial charge in [-0.3, -0.25) is 0 Å². The molecule has 6 aromatic carbocycles. The quantitative estimate of drug-likeness (QED) is 0.232. The summed E-state index contributed by atoms with van der Waals surface area (Å²) in [5, 5.41) is 7.73. The molecule has 6 heteroatoms. The van der Waals surface area contributed by atoms with E-state index < -0.39 is 0 Å². The van der Waals surface area contributed by atoms with Crippen molar-refractivity contribution >= 4 is 115 Å². The molecule has 0 amide bonds. The second kappa shape index (κ2) is 8.78. The van der Waals surface area contributed by atoms with Crippen molar-refractivity contribution in [3.63, 3.8) is 0 Å². The highest BCUT2D eigenvalue weighted by atomic mass is 79.9. The fourth-order valence-electron chi connectivity index (χ4n) is 6.04. The van der Waals surface area contributed by atoms with Crippen LogP contribution in [0.2, 0.25) is 0 Å². The van der Waals surface area contributed by atoms with Gasteiger partial charge in [0.25, 0.3) is 0 Å². The van der Waals surface area contributed by atoms with Crippen molar-refractivity contribution in [1.82, 2.24) is 0 Å². The van der Waals surface area contributed by atoms with Crippen LogP contribution in [0.3, 0.4) is 0 Å².